The number of aliphatic hydroxyl groups excluding tert-OH is 2. The Morgan fingerprint density at radius 2 is 1.52 bits per heavy atom. The molecule has 0 aliphatic rings. The molecule has 13 nitrogen and oxygen atoms in total. The molecule has 1 rings (SSSR count). The van der Waals surface area contributed by atoms with Crippen molar-refractivity contribution in [3.8, 4) is 0 Å². The van der Waals surface area contributed by atoms with E-state index in [2.05, 4.69) is 16.0 Å². The number of hydrogen-bond donors (Lipinski definition) is 8. The normalized spacial score (nSPS) is 15.3. The van der Waals surface area contributed by atoms with Crippen LogP contribution in [0.2, 0.25) is 0 Å². The van der Waals surface area contributed by atoms with Crippen LogP contribution in [0.5, 0.6) is 0 Å². The molecule has 5 atom stereocenters. The van der Waals surface area contributed by atoms with Crippen molar-refractivity contribution in [2.75, 3.05) is 6.61 Å². The number of nitrogens with two attached hydrogens (primary N) is 2. The van der Waals surface area contributed by atoms with Gasteiger partial charge in [-0.3, -0.25) is 19.2 Å². The van der Waals surface area contributed by atoms with Crippen LogP contribution < -0.4 is 27.4 Å². The van der Waals surface area contributed by atoms with Gasteiger partial charge in [0.05, 0.1) is 25.2 Å². The monoisotopic (exact) mass is 467 g/mol. The van der Waals surface area contributed by atoms with E-state index in [1.165, 1.54) is 6.92 Å². The molecule has 33 heavy (non-hydrogen) atoms. The van der Waals surface area contributed by atoms with Crippen molar-refractivity contribution >= 4 is 29.6 Å². The van der Waals surface area contributed by atoms with Gasteiger partial charge in [0.1, 0.15) is 18.1 Å². The Morgan fingerprint density at radius 3 is 2.00 bits per heavy atom. The average Bonchev–Trinajstić information content (AvgIpc) is 2.74. The topological polar surface area (TPSA) is 234 Å². The van der Waals surface area contributed by atoms with Gasteiger partial charge in [-0.25, -0.2) is 4.79 Å². The molecule has 5 unspecified atom stereocenters. The highest BCUT2D eigenvalue weighted by Crippen LogP contribution is 2.05. The van der Waals surface area contributed by atoms with Crippen LogP contribution in [0.25, 0.3) is 0 Å². The zero-order valence-corrected chi connectivity index (χ0v) is 17.9. The molecule has 13 heteroatoms. The zero-order chi connectivity index (χ0) is 25.1. The summed E-state index contributed by atoms with van der Waals surface area (Å²) in [6.45, 7) is 0.299. The fourth-order valence-electron chi connectivity index (χ4n) is 2.75. The summed E-state index contributed by atoms with van der Waals surface area (Å²) in [6.07, 6.45) is -2.00. The zero-order valence-electron chi connectivity index (χ0n) is 17.9. The molecule has 0 aliphatic heterocycles. The van der Waals surface area contributed by atoms with Crippen molar-refractivity contribution in [3.05, 3.63) is 35.9 Å². The number of carboxylic acid groups (broad SMARTS) is 1. The summed E-state index contributed by atoms with van der Waals surface area (Å²) in [5.74, 6) is -5.16. The van der Waals surface area contributed by atoms with E-state index >= 15 is 0 Å². The van der Waals surface area contributed by atoms with Crippen LogP contribution in [0.1, 0.15) is 18.9 Å². The lowest BCUT2D eigenvalue weighted by Gasteiger charge is -2.26. The summed E-state index contributed by atoms with van der Waals surface area (Å²) in [5.41, 5.74) is 11.1. The van der Waals surface area contributed by atoms with Gasteiger partial charge in [-0.15, -0.1) is 0 Å². The molecule has 0 heterocycles. The van der Waals surface area contributed by atoms with Crippen molar-refractivity contribution in [1.82, 2.24) is 16.0 Å². The first-order valence-electron chi connectivity index (χ1n) is 9.96. The molecule has 0 radical (unpaired) electrons. The molecule has 0 saturated heterocycles. The Labute approximate surface area is 189 Å². The molecule has 1 aromatic rings. The number of carbonyl (C=O) groups is 5. The molecule has 1 aromatic carbocycles. The van der Waals surface area contributed by atoms with E-state index in [4.69, 9.17) is 11.5 Å². The SMILES string of the molecule is CC(O)C(NC(=O)C(CO)NC(=O)C(N)CC(N)=O)C(=O)NC(Cc1ccccc1)C(=O)O. The van der Waals surface area contributed by atoms with Gasteiger partial charge in [-0.1, -0.05) is 30.3 Å². The number of aliphatic hydroxyl groups is 2. The molecule has 0 spiro atoms. The lowest BCUT2D eigenvalue weighted by molar-refractivity contribution is -0.143. The molecule has 10 N–H and O–H groups in total. The quantitative estimate of drug-likeness (QED) is 0.142. The summed E-state index contributed by atoms with van der Waals surface area (Å²) in [5, 5.41) is 35.3. The Morgan fingerprint density at radius 1 is 0.939 bits per heavy atom. The smallest absolute Gasteiger partial charge is 0.326 e. The van der Waals surface area contributed by atoms with Gasteiger partial charge in [0.2, 0.25) is 23.6 Å². The second-order valence-corrected chi connectivity index (χ2v) is 7.34. The first kappa shape index (κ1) is 27.5. The highest BCUT2D eigenvalue weighted by molar-refractivity contribution is 5.95. The van der Waals surface area contributed by atoms with Crippen LogP contribution in [0.4, 0.5) is 0 Å². The van der Waals surface area contributed by atoms with Gasteiger partial charge in [0, 0.05) is 6.42 Å². The number of hydrogen-bond acceptors (Lipinski definition) is 8. The number of aliphatic carboxylic acids is 1. The lowest BCUT2D eigenvalue weighted by atomic mass is 10.0. The summed E-state index contributed by atoms with van der Waals surface area (Å²) >= 11 is 0. The number of benzene rings is 1. The Kier molecular flexibility index (Phi) is 10.9. The fourth-order valence-corrected chi connectivity index (χ4v) is 2.75. The number of rotatable bonds is 13. The minimum Gasteiger partial charge on any atom is -0.480 e. The van der Waals surface area contributed by atoms with Crippen LogP contribution in [0.3, 0.4) is 0 Å². The predicted octanol–water partition coefficient (Wildman–Crippen LogP) is -3.66. The van der Waals surface area contributed by atoms with Crippen molar-refractivity contribution in [2.24, 2.45) is 11.5 Å². The lowest BCUT2D eigenvalue weighted by Crippen LogP contribution is -2.60. The second-order valence-electron chi connectivity index (χ2n) is 7.34. The predicted molar refractivity (Wildman–Crippen MR) is 114 cm³/mol. The van der Waals surface area contributed by atoms with E-state index in [1.807, 2.05) is 0 Å². The maximum absolute atomic E-state index is 12.6. The summed E-state index contributed by atoms with van der Waals surface area (Å²) in [6, 6.07) is 2.62. The molecular weight excluding hydrogens is 438 g/mol. The van der Waals surface area contributed by atoms with E-state index in [1.54, 1.807) is 30.3 Å². The molecule has 0 aliphatic carbocycles. The Hall–Kier alpha value is -3.55. The molecule has 182 valence electrons. The number of carbonyl (C=O) groups excluding carboxylic acids is 4. The van der Waals surface area contributed by atoms with Crippen molar-refractivity contribution in [3.63, 3.8) is 0 Å². The van der Waals surface area contributed by atoms with Gasteiger partial charge in [-0.2, -0.15) is 0 Å². The van der Waals surface area contributed by atoms with Gasteiger partial charge < -0.3 is 42.7 Å². The molecule has 0 bridgehead atoms. The summed E-state index contributed by atoms with van der Waals surface area (Å²) in [4.78, 5) is 59.5. The van der Waals surface area contributed by atoms with Gasteiger partial charge in [0.25, 0.3) is 0 Å². The van der Waals surface area contributed by atoms with Crippen molar-refractivity contribution in [2.45, 2.75) is 50.0 Å². The van der Waals surface area contributed by atoms with Crippen LogP contribution in [0, 0.1) is 0 Å². The van der Waals surface area contributed by atoms with Crippen LogP contribution in [0.15, 0.2) is 30.3 Å². The largest absolute Gasteiger partial charge is 0.480 e. The minimum atomic E-state index is -1.60. The van der Waals surface area contributed by atoms with Gasteiger partial charge in [0.15, 0.2) is 0 Å². The fraction of sp³-hybridized carbons (Fsp3) is 0.450. The highest BCUT2D eigenvalue weighted by atomic mass is 16.4. The minimum absolute atomic E-state index is 0.0462. The van der Waals surface area contributed by atoms with E-state index in [0.29, 0.717) is 5.56 Å². The third kappa shape index (κ3) is 9.22. The number of amides is 4. The third-order valence-corrected chi connectivity index (χ3v) is 4.53. The highest BCUT2D eigenvalue weighted by Gasteiger charge is 2.32. The van der Waals surface area contributed by atoms with Crippen molar-refractivity contribution < 1.29 is 39.3 Å². The van der Waals surface area contributed by atoms with E-state index in [-0.39, 0.29) is 6.42 Å². The maximum atomic E-state index is 12.6. The molecule has 4 amide bonds. The van der Waals surface area contributed by atoms with Crippen LogP contribution >= 0.6 is 0 Å². The van der Waals surface area contributed by atoms with Crippen LogP contribution in [-0.4, -0.2) is 81.8 Å². The molecule has 0 aromatic heterocycles. The summed E-state index contributed by atoms with van der Waals surface area (Å²) in [7, 11) is 0. The Bertz CT molecular complexity index is 848. The number of carboxylic acids is 1. The third-order valence-electron chi connectivity index (χ3n) is 4.53. The van der Waals surface area contributed by atoms with Crippen molar-refractivity contribution in [1.29, 1.82) is 0 Å². The molecule has 0 fully saturated rings. The van der Waals surface area contributed by atoms with E-state index in [9.17, 15) is 39.3 Å². The number of nitrogens with one attached hydrogen (secondary N) is 3. The van der Waals surface area contributed by atoms with Gasteiger partial charge >= 0.3 is 5.97 Å². The van der Waals surface area contributed by atoms with E-state index in [0.717, 1.165) is 0 Å². The van der Waals surface area contributed by atoms with E-state index < -0.39 is 72.9 Å². The standard InChI is InChI=1S/C20H29N5O8/c1-10(27)16(19(31)23-13(20(32)33)7-11-5-3-2-4-6-11)25-18(30)14(9-26)24-17(29)12(21)8-15(22)28/h2-6,10,12-14,16,26-27H,7-9,21H2,1H3,(H2,22,28)(H,23,31)(H,24,29)(H,25,30)(H,32,33). The maximum Gasteiger partial charge on any atom is 0.326 e. The second kappa shape index (κ2) is 13.1. The first-order valence-corrected chi connectivity index (χ1v) is 9.96. The molecular formula is C20H29N5O8. The average molecular weight is 467 g/mol. The number of primary amides is 1. The first-order chi connectivity index (χ1) is 15.5. The van der Waals surface area contributed by atoms with Gasteiger partial charge in [-0.05, 0) is 12.5 Å². The Balaban J connectivity index is 2.85. The summed E-state index contributed by atoms with van der Waals surface area (Å²) < 4.78 is 0. The molecule has 0 saturated carbocycles. The van der Waals surface area contributed by atoms with Crippen LogP contribution in [-0.2, 0) is 30.4 Å².